The summed E-state index contributed by atoms with van der Waals surface area (Å²) < 4.78 is 13.1. The highest BCUT2D eigenvalue weighted by molar-refractivity contribution is 9.10. The largest absolute Gasteiger partial charge is 0.493 e. The molecule has 0 atom stereocenters. The van der Waals surface area contributed by atoms with Crippen molar-refractivity contribution in [3.8, 4) is 22.8 Å². The van der Waals surface area contributed by atoms with Crippen LogP contribution in [0.5, 0.6) is 11.5 Å². The van der Waals surface area contributed by atoms with Crippen molar-refractivity contribution < 1.29 is 19.4 Å². The Balaban J connectivity index is 2.79. The van der Waals surface area contributed by atoms with Crippen molar-refractivity contribution in [2.45, 2.75) is 6.92 Å². The van der Waals surface area contributed by atoms with Crippen molar-refractivity contribution in [2.75, 3.05) is 14.2 Å². The Morgan fingerprint density at radius 1 is 1.33 bits per heavy atom. The molecular weight excluding hydrogens is 340 g/mol. The Morgan fingerprint density at radius 3 is 2.48 bits per heavy atom. The second-order valence-electron chi connectivity index (χ2n) is 4.44. The SMILES string of the molecule is COc1cc(Br)c(C)c(-c2cc(C(=O)O)nn2C)c1OC. The van der Waals surface area contributed by atoms with Gasteiger partial charge in [-0.15, -0.1) is 0 Å². The molecule has 0 unspecified atom stereocenters. The Labute approximate surface area is 130 Å². The van der Waals surface area contributed by atoms with Gasteiger partial charge in [0.05, 0.1) is 19.9 Å². The Bertz CT molecular complexity index is 709. The lowest BCUT2D eigenvalue weighted by Crippen LogP contribution is -2.01. The summed E-state index contributed by atoms with van der Waals surface area (Å²) in [4.78, 5) is 11.1. The van der Waals surface area contributed by atoms with Gasteiger partial charge >= 0.3 is 5.97 Å². The van der Waals surface area contributed by atoms with Crippen LogP contribution in [0.1, 0.15) is 16.1 Å². The lowest BCUT2D eigenvalue weighted by molar-refractivity contribution is 0.0689. The molecule has 1 aromatic carbocycles. The number of aromatic nitrogens is 2. The molecule has 0 spiro atoms. The van der Waals surface area contributed by atoms with Crippen LogP contribution in [0, 0.1) is 6.92 Å². The third kappa shape index (κ3) is 2.61. The number of carboxylic acid groups (broad SMARTS) is 1. The molecule has 21 heavy (non-hydrogen) atoms. The van der Waals surface area contributed by atoms with Gasteiger partial charge in [-0.25, -0.2) is 4.79 Å². The van der Waals surface area contributed by atoms with Gasteiger partial charge in [0.25, 0.3) is 0 Å². The molecule has 1 N–H and O–H groups in total. The van der Waals surface area contributed by atoms with E-state index >= 15 is 0 Å². The molecule has 2 aromatic rings. The van der Waals surface area contributed by atoms with Crippen LogP contribution in [0.15, 0.2) is 16.6 Å². The fourth-order valence-corrected chi connectivity index (χ4v) is 2.58. The number of ether oxygens (including phenoxy) is 2. The topological polar surface area (TPSA) is 73.6 Å². The van der Waals surface area contributed by atoms with Crippen molar-refractivity contribution in [3.63, 3.8) is 0 Å². The normalized spacial score (nSPS) is 10.5. The number of carboxylic acids is 1. The minimum atomic E-state index is -1.07. The molecule has 1 aromatic heterocycles. The number of hydrogen-bond acceptors (Lipinski definition) is 4. The minimum absolute atomic E-state index is 0.0205. The summed E-state index contributed by atoms with van der Waals surface area (Å²) in [7, 11) is 4.78. The quantitative estimate of drug-likeness (QED) is 0.913. The summed E-state index contributed by atoms with van der Waals surface area (Å²) >= 11 is 3.48. The molecule has 0 amide bonds. The molecule has 0 bridgehead atoms. The van der Waals surface area contributed by atoms with E-state index in [1.54, 1.807) is 21.3 Å². The van der Waals surface area contributed by atoms with Crippen LogP contribution in [-0.4, -0.2) is 35.1 Å². The average Bonchev–Trinajstić information content (AvgIpc) is 2.83. The maximum Gasteiger partial charge on any atom is 0.356 e. The first-order chi connectivity index (χ1) is 9.90. The van der Waals surface area contributed by atoms with E-state index in [9.17, 15) is 4.79 Å². The second-order valence-corrected chi connectivity index (χ2v) is 5.29. The third-order valence-corrected chi connectivity index (χ3v) is 4.04. The zero-order chi connectivity index (χ0) is 15.7. The van der Waals surface area contributed by atoms with Crippen LogP contribution in [0.25, 0.3) is 11.3 Å². The van der Waals surface area contributed by atoms with E-state index in [-0.39, 0.29) is 5.69 Å². The van der Waals surface area contributed by atoms with E-state index in [1.165, 1.54) is 10.7 Å². The summed E-state index contributed by atoms with van der Waals surface area (Å²) in [6.45, 7) is 1.91. The van der Waals surface area contributed by atoms with E-state index < -0.39 is 5.97 Å². The van der Waals surface area contributed by atoms with Crippen LogP contribution in [0.3, 0.4) is 0 Å². The molecule has 0 radical (unpaired) electrons. The maximum atomic E-state index is 11.1. The fourth-order valence-electron chi connectivity index (χ4n) is 2.17. The molecule has 2 rings (SSSR count). The monoisotopic (exact) mass is 354 g/mol. The second kappa shape index (κ2) is 5.77. The Morgan fingerprint density at radius 2 is 2.00 bits per heavy atom. The van der Waals surface area contributed by atoms with Gasteiger partial charge in [-0.05, 0) is 24.6 Å². The fraction of sp³-hybridized carbons (Fsp3) is 0.286. The van der Waals surface area contributed by atoms with E-state index in [0.717, 1.165) is 15.6 Å². The Kier molecular flexibility index (Phi) is 4.22. The highest BCUT2D eigenvalue weighted by Crippen LogP contribution is 2.43. The van der Waals surface area contributed by atoms with Crippen molar-refractivity contribution in [1.29, 1.82) is 0 Å². The molecule has 7 heteroatoms. The number of aromatic carboxylic acids is 1. The first-order valence-corrected chi connectivity index (χ1v) is 6.88. The number of hydrogen-bond donors (Lipinski definition) is 1. The van der Waals surface area contributed by atoms with Crippen molar-refractivity contribution in [1.82, 2.24) is 9.78 Å². The molecule has 1 heterocycles. The van der Waals surface area contributed by atoms with E-state index in [4.69, 9.17) is 14.6 Å². The number of benzene rings is 1. The maximum absolute atomic E-state index is 11.1. The molecular formula is C14H15BrN2O4. The number of rotatable bonds is 4. The summed E-state index contributed by atoms with van der Waals surface area (Å²) in [6, 6.07) is 3.32. The smallest absolute Gasteiger partial charge is 0.356 e. The first kappa shape index (κ1) is 15.4. The van der Waals surface area contributed by atoms with Gasteiger partial charge in [-0.1, -0.05) is 15.9 Å². The first-order valence-electron chi connectivity index (χ1n) is 6.09. The summed E-state index contributed by atoms with van der Waals surface area (Å²) in [5, 5.41) is 13.1. The van der Waals surface area contributed by atoms with Gasteiger partial charge in [-0.3, -0.25) is 4.68 Å². The predicted molar refractivity (Wildman–Crippen MR) is 81.1 cm³/mol. The Hall–Kier alpha value is -2.02. The molecule has 6 nitrogen and oxygen atoms in total. The van der Waals surface area contributed by atoms with Crippen LogP contribution in [0.4, 0.5) is 0 Å². The zero-order valence-electron chi connectivity index (χ0n) is 12.1. The minimum Gasteiger partial charge on any atom is -0.493 e. The molecule has 0 fully saturated rings. The third-order valence-electron chi connectivity index (χ3n) is 3.22. The standard InChI is InChI=1S/C14H15BrN2O4/c1-7-8(15)5-11(20-3)13(21-4)12(7)10-6-9(14(18)19)16-17(10)2/h5-6H,1-4H3,(H,18,19). The highest BCUT2D eigenvalue weighted by atomic mass is 79.9. The van der Waals surface area contributed by atoms with Gasteiger partial charge in [0.1, 0.15) is 0 Å². The van der Waals surface area contributed by atoms with E-state index in [1.807, 2.05) is 13.0 Å². The van der Waals surface area contributed by atoms with Gasteiger partial charge in [0, 0.05) is 17.1 Å². The van der Waals surface area contributed by atoms with Gasteiger partial charge in [0.2, 0.25) is 0 Å². The highest BCUT2D eigenvalue weighted by Gasteiger charge is 2.22. The van der Waals surface area contributed by atoms with E-state index in [0.29, 0.717) is 17.2 Å². The zero-order valence-corrected chi connectivity index (χ0v) is 13.7. The van der Waals surface area contributed by atoms with Gasteiger partial charge in [-0.2, -0.15) is 5.10 Å². The van der Waals surface area contributed by atoms with Crippen molar-refractivity contribution in [3.05, 3.63) is 27.9 Å². The lowest BCUT2D eigenvalue weighted by Gasteiger charge is -2.16. The molecule has 0 aliphatic carbocycles. The van der Waals surface area contributed by atoms with Crippen LogP contribution < -0.4 is 9.47 Å². The predicted octanol–water partition coefficient (Wildman–Crippen LogP) is 2.87. The number of methoxy groups -OCH3 is 2. The van der Waals surface area contributed by atoms with Crippen LogP contribution in [0.2, 0.25) is 0 Å². The van der Waals surface area contributed by atoms with Crippen molar-refractivity contribution in [2.24, 2.45) is 7.05 Å². The van der Waals surface area contributed by atoms with Crippen LogP contribution in [-0.2, 0) is 7.05 Å². The van der Waals surface area contributed by atoms with Gasteiger partial charge < -0.3 is 14.6 Å². The number of nitrogens with zero attached hydrogens (tertiary/aromatic N) is 2. The van der Waals surface area contributed by atoms with Crippen LogP contribution >= 0.6 is 15.9 Å². The van der Waals surface area contributed by atoms with Gasteiger partial charge in [0.15, 0.2) is 17.2 Å². The van der Waals surface area contributed by atoms with Crippen molar-refractivity contribution >= 4 is 21.9 Å². The molecule has 0 aliphatic rings. The number of halogens is 1. The number of aryl methyl sites for hydroxylation is 1. The molecule has 0 aliphatic heterocycles. The summed E-state index contributed by atoms with van der Waals surface area (Å²) in [6.07, 6.45) is 0. The average molecular weight is 355 g/mol. The van der Waals surface area contributed by atoms with E-state index in [2.05, 4.69) is 21.0 Å². The molecule has 112 valence electrons. The molecule has 0 saturated heterocycles. The summed E-state index contributed by atoms with van der Waals surface area (Å²) in [5.74, 6) is 0.0246. The summed E-state index contributed by atoms with van der Waals surface area (Å²) in [5.41, 5.74) is 2.27. The number of carbonyl (C=O) groups is 1. The lowest BCUT2D eigenvalue weighted by atomic mass is 10.0. The molecule has 0 saturated carbocycles.